The molecule has 4 rings (SSSR count). The molecule has 3 nitrogen and oxygen atoms in total. The van der Waals surface area contributed by atoms with Gasteiger partial charge in [0.2, 0.25) is 5.28 Å². The van der Waals surface area contributed by atoms with E-state index in [1.807, 2.05) is 13.0 Å². The first-order chi connectivity index (χ1) is 11.5. The summed E-state index contributed by atoms with van der Waals surface area (Å²) in [6.45, 7) is 2.01. The smallest absolute Gasteiger partial charge is 0.222 e. The highest BCUT2D eigenvalue weighted by Gasteiger charge is 2.43. The predicted molar refractivity (Wildman–Crippen MR) is 95.0 cm³/mol. The van der Waals surface area contributed by atoms with Crippen molar-refractivity contribution in [3.8, 4) is 11.3 Å². The van der Waals surface area contributed by atoms with E-state index in [2.05, 4.69) is 15.0 Å². The maximum Gasteiger partial charge on any atom is 0.222 e. The van der Waals surface area contributed by atoms with Crippen LogP contribution < -0.4 is 0 Å². The van der Waals surface area contributed by atoms with Gasteiger partial charge in [-0.25, -0.2) is 14.4 Å². The van der Waals surface area contributed by atoms with Crippen molar-refractivity contribution >= 4 is 34.6 Å². The zero-order valence-corrected chi connectivity index (χ0v) is 14.8. The minimum absolute atomic E-state index is 0.0927. The summed E-state index contributed by atoms with van der Waals surface area (Å²) in [4.78, 5) is 12.6. The minimum Gasteiger partial charge on any atom is -0.254 e. The van der Waals surface area contributed by atoms with Crippen LogP contribution in [-0.2, 0) is 5.41 Å². The Morgan fingerprint density at radius 1 is 1.12 bits per heavy atom. The van der Waals surface area contributed by atoms with Crippen molar-refractivity contribution in [1.29, 1.82) is 0 Å². The fourth-order valence-electron chi connectivity index (χ4n) is 4.02. The molecule has 1 aromatic carbocycles. The highest BCUT2D eigenvalue weighted by molar-refractivity contribution is 6.33. The normalized spacial score (nSPS) is 18.6. The third kappa shape index (κ3) is 2.35. The van der Waals surface area contributed by atoms with Crippen molar-refractivity contribution in [3.63, 3.8) is 0 Å². The lowest BCUT2D eigenvalue weighted by Gasteiger charge is -2.35. The molecule has 1 aliphatic carbocycles. The van der Waals surface area contributed by atoms with Crippen LogP contribution in [0.3, 0.4) is 0 Å². The van der Waals surface area contributed by atoms with E-state index in [0.29, 0.717) is 22.0 Å². The third-order valence-corrected chi connectivity index (χ3v) is 5.71. The van der Waals surface area contributed by atoms with Crippen LogP contribution in [0.2, 0.25) is 10.3 Å². The molecule has 2 aliphatic rings. The van der Waals surface area contributed by atoms with Crippen molar-refractivity contribution < 1.29 is 4.39 Å². The molecule has 2 heterocycles. The van der Waals surface area contributed by atoms with E-state index in [4.69, 9.17) is 23.2 Å². The molecular formula is C18H16Cl2FN3. The molecule has 6 heteroatoms. The lowest BCUT2D eigenvalue weighted by atomic mass is 9.67. The molecule has 1 aromatic heterocycles. The summed E-state index contributed by atoms with van der Waals surface area (Å²) in [5.41, 5.74) is 3.37. The van der Waals surface area contributed by atoms with E-state index in [1.54, 1.807) is 0 Å². The number of benzene rings is 1. The van der Waals surface area contributed by atoms with Crippen LogP contribution in [0.5, 0.6) is 0 Å². The van der Waals surface area contributed by atoms with Gasteiger partial charge >= 0.3 is 0 Å². The molecule has 0 N–H and O–H groups in total. The number of nitrogens with zero attached hydrogens (tertiary/aromatic N) is 3. The molecule has 0 saturated heterocycles. The van der Waals surface area contributed by atoms with Crippen LogP contribution >= 0.6 is 23.2 Å². The highest BCUT2D eigenvalue weighted by Crippen LogP contribution is 2.51. The van der Waals surface area contributed by atoms with Gasteiger partial charge in [-0.1, -0.05) is 30.9 Å². The van der Waals surface area contributed by atoms with Crippen LogP contribution in [0.25, 0.3) is 11.3 Å². The molecule has 0 amide bonds. The van der Waals surface area contributed by atoms with Crippen molar-refractivity contribution in [2.24, 2.45) is 4.99 Å². The maximum absolute atomic E-state index is 14.8. The Morgan fingerprint density at radius 2 is 1.88 bits per heavy atom. The largest absolute Gasteiger partial charge is 0.254 e. The number of aromatic nitrogens is 2. The number of rotatable bonds is 1. The SMILES string of the molecule is CC1=Nc2c(F)cc(-c3nc(Cl)ncc3Cl)cc2C12CCCCC2. The van der Waals surface area contributed by atoms with Gasteiger partial charge in [0, 0.05) is 16.7 Å². The fourth-order valence-corrected chi connectivity index (χ4v) is 4.35. The fraction of sp³-hybridized carbons (Fsp3) is 0.389. The summed E-state index contributed by atoms with van der Waals surface area (Å²) >= 11 is 12.1. The lowest BCUT2D eigenvalue weighted by molar-refractivity contribution is 0.384. The second kappa shape index (κ2) is 5.78. The predicted octanol–water partition coefficient (Wildman–Crippen LogP) is 5.90. The molecule has 0 unspecified atom stereocenters. The zero-order valence-electron chi connectivity index (χ0n) is 13.2. The van der Waals surface area contributed by atoms with E-state index >= 15 is 0 Å². The van der Waals surface area contributed by atoms with E-state index in [1.165, 1.54) is 18.7 Å². The second-order valence-electron chi connectivity index (χ2n) is 6.53. The molecule has 0 bridgehead atoms. The van der Waals surface area contributed by atoms with E-state index in [0.717, 1.165) is 37.0 Å². The Hall–Kier alpha value is -1.52. The van der Waals surface area contributed by atoms with Crippen LogP contribution in [-0.4, -0.2) is 15.7 Å². The molecule has 1 aliphatic heterocycles. The molecule has 1 fully saturated rings. The summed E-state index contributed by atoms with van der Waals surface area (Å²) in [5, 5.41) is 0.446. The maximum atomic E-state index is 14.8. The average molecular weight is 364 g/mol. The Morgan fingerprint density at radius 3 is 2.62 bits per heavy atom. The van der Waals surface area contributed by atoms with E-state index in [9.17, 15) is 4.39 Å². The van der Waals surface area contributed by atoms with Crippen molar-refractivity contribution in [1.82, 2.24) is 9.97 Å². The first kappa shape index (κ1) is 16.0. The van der Waals surface area contributed by atoms with E-state index in [-0.39, 0.29) is 16.5 Å². The standard InChI is InChI=1S/C18H16Cl2FN3/c1-10-18(5-3-2-4-6-18)12-7-11(8-14(21)16(12)23-10)15-13(19)9-22-17(20)24-15/h7-9H,2-6H2,1H3. The number of hydrogen-bond acceptors (Lipinski definition) is 3. The molecule has 0 atom stereocenters. The van der Waals surface area contributed by atoms with Gasteiger partial charge in [-0.05, 0) is 49.1 Å². The minimum atomic E-state index is -0.338. The first-order valence-electron chi connectivity index (χ1n) is 8.09. The summed E-state index contributed by atoms with van der Waals surface area (Å²) in [5.74, 6) is -0.338. The van der Waals surface area contributed by atoms with Gasteiger partial charge in [-0.2, -0.15) is 0 Å². The Kier molecular flexibility index (Phi) is 3.85. The van der Waals surface area contributed by atoms with Gasteiger partial charge in [-0.15, -0.1) is 0 Å². The number of halogens is 3. The average Bonchev–Trinajstić information content (AvgIpc) is 2.84. The highest BCUT2D eigenvalue weighted by atomic mass is 35.5. The Labute approximate surface area is 150 Å². The Bertz CT molecular complexity index is 858. The van der Waals surface area contributed by atoms with Crippen molar-refractivity contribution in [2.45, 2.75) is 44.4 Å². The molecule has 0 radical (unpaired) electrons. The summed E-state index contributed by atoms with van der Waals surface area (Å²) < 4.78 is 14.8. The number of hydrogen-bond donors (Lipinski definition) is 0. The molecular weight excluding hydrogens is 348 g/mol. The summed E-state index contributed by atoms with van der Waals surface area (Å²) in [6.07, 6.45) is 6.96. The van der Waals surface area contributed by atoms with Crippen LogP contribution in [0.4, 0.5) is 10.1 Å². The third-order valence-electron chi connectivity index (χ3n) is 5.25. The summed E-state index contributed by atoms with van der Waals surface area (Å²) in [6, 6.07) is 3.41. The molecule has 24 heavy (non-hydrogen) atoms. The first-order valence-corrected chi connectivity index (χ1v) is 8.85. The molecule has 1 saturated carbocycles. The van der Waals surface area contributed by atoms with Gasteiger partial charge in [0.05, 0.1) is 16.9 Å². The van der Waals surface area contributed by atoms with Crippen molar-refractivity contribution in [2.75, 3.05) is 0 Å². The molecule has 124 valence electrons. The summed E-state index contributed by atoms with van der Waals surface area (Å²) in [7, 11) is 0. The molecule has 2 aromatic rings. The quantitative estimate of drug-likeness (QED) is 0.591. The van der Waals surface area contributed by atoms with Crippen molar-refractivity contribution in [3.05, 3.63) is 40.0 Å². The molecule has 1 spiro atoms. The number of fused-ring (bicyclic) bond motifs is 2. The van der Waals surface area contributed by atoms with Crippen LogP contribution in [0.15, 0.2) is 23.3 Å². The van der Waals surface area contributed by atoms with Crippen LogP contribution in [0.1, 0.15) is 44.6 Å². The monoisotopic (exact) mass is 363 g/mol. The van der Waals surface area contributed by atoms with Gasteiger partial charge in [0.25, 0.3) is 0 Å². The topological polar surface area (TPSA) is 38.1 Å². The van der Waals surface area contributed by atoms with Gasteiger partial charge in [-0.3, -0.25) is 4.99 Å². The van der Waals surface area contributed by atoms with Gasteiger partial charge in [0.1, 0.15) is 11.5 Å². The van der Waals surface area contributed by atoms with Gasteiger partial charge in [0.15, 0.2) is 0 Å². The van der Waals surface area contributed by atoms with Gasteiger partial charge < -0.3 is 0 Å². The van der Waals surface area contributed by atoms with E-state index < -0.39 is 0 Å². The second-order valence-corrected chi connectivity index (χ2v) is 7.28. The Balaban J connectivity index is 1.91. The zero-order chi connectivity index (χ0) is 16.9. The number of aliphatic imine (C=N–C) groups is 1. The van der Waals surface area contributed by atoms with Crippen LogP contribution in [0, 0.1) is 5.82 Å². The lowest BCUT2D eigenvalue weighted by Crippen LogP contribution is -2.33.